The van der Waals surface area contributed by atoms with Crippen molar-refractivity contribution in [3.05, 3.63) is 10.9 Å². The number of nitrogen functional groups attached to an aromatic ring is 1. The summed E-state index contributed by atoms with van der Waals surface area (Å²) >= 11 is 1.32. The maximum Gasteiger partial charge on any atom is 0.260 e. The van der Waals surface area contributed by atoms with Gasteiger partial charge in [-0.25, -0.2) is 0 Å². The van der Waals surface area contributed by atoms with Gasteiger partial charge >= 0.3 is 0 Å². The molecule has 5 nitrogen and oxygen atoms in total. The second-order valence-corrected chi connectivity index (χ2v) is 5.47. The van der Waals surface area contributed by atoms with Gasteiger partial charge in [-0.1, -0.05) is 0 Å². The van der Waals surface area contributed by atoms with Gasteiger partial charge in [0, 0.05) is 12.6 Å². The molecule has 2 heterocycles. The maximum absolute atomic E-state index is 11.1. The number of thiophene rings is 1. The van der Waals surface area contributed by atoms with Crippen LogP contribution in [0.5, 0.6) is 0 Å². The molecule has 1 aliphatic heterocycles. The van der Waals surface area contributed by atoms with Gasteiger partial charge in [0.15, 0.2) is 0 Å². The first-order valence-corrected chi connectivity index (χ1v) is 6.53. The molecule has 17 heavy (non-hydrogen) atoms. The van der Waals surface area contributed by atoms with Crippen LogP contribution in [0.25, 0.3) is 0 Å². The molecule has 6 heteroatoms. The number of carbonyl (C=O) groups is 1. The molecular weight excluding hydrogens is 236 g/mol. The third kappa shape index (κ3) is 2.70. The van der Waals surface area contributed by atoms with Gasteiger partial charge in [0.2, 0.25) is 0 Å². The van der Waals surface area contributed by atoms with E-state index < -0.39 is 5.91 Å². The Kier molecular flexibility index (Phi) is 3.54. The summed E-state index contributed by atoms with van der Waals surface area (Å²) in [6, 6.07) is 2.34. The van der Waals surface area contributed by atoms with E-state index in [4.69, 9.17) is 11.5 Å². The molecule has 1 aliphatic rings. The molecule has 0 radical (unpaired) electrons. The van der Waals surface area contributed by atoms with Crippen molar-refractivity contribution in [2.24, 2.45) is 5.73 Å². The molecule has 1 aromatic heterocycles. The zero-order chi connectivity index (χ0) is 12.4. The minimum atomic E-state index is -0.460. The van der Waals surface area contributed by atoms with Gasteiger partial charge in [0.25, 0.3) is 5.91 Å². The van der Waals surface area contributed by atoms with Crippen LogP contribution in [0, 0.1) is 0 Å². The topological polar surface area (TPSA) is 84.4 Å². The molecule has 1 aromatic rings. The third-order valence-corrected chi connectivity index (χ3v) is 4.29. The van der Waals surface area contributed by atoms with Crippen LogP contribution in [0.4, 0.5) is 10.7 Å². The second-order valence-electron chi connectivity index (χ2n) is 4.42. The summed E-state index contributed by atoms with van der Waals surface area (Å²) in [4.78, 5) is 13.8. The summed E-state index contributed by atoms with van der Waals surface area (Å²) in [5, 5.41) is 4.24. The Labute approximate surface area is 105 Å². The number of nitrogens with two attached hydrogens (primary N) is 2. The van der Waals surface area contributed by atoms with Crippen LogP contribution in [0.2, 0.25) is 0 Å². The molecule has 1 unspecified atom stereocenters. The molecule has 94 valence electrons. The van der Waals surface area contributed by atoms with Crippen LogP contribution >= 0.6 is 11.3 Å². The number of hydrogen-bond donors (Lipinski definition) is 3. The fourth-order valence-corrected chi connectivity index (χ4v) is 2.98. The van der Waals surface area contributed by atoms with Gasteiger partial charge < -0.3 is 21.7 Å². The quantitative estimate of drug-likeness (QED) is 0.746. The number of amides is 1. The van der Waals surface area contributed by atoms with Crippen LogP contribution in [0.3, 0.4) is 0 Å². The van der Waals surface area contributed by atoms with Gasteiger partial charge in [-0.05, 0) is 32.5 Å². The summed E-state index contributed by atoms with van der Waals surface area (Å²) in [6.45, 7) is 2.04. The fraction of sp³-hybridized carbons (Fsp3) is 0.545. The molecule has 1 fully saturated rings. The van der Waals surface area contributed by atoms with E-state index in [1.165, 1.54) is 24.2 Å². The molecule has 1 saturated heterocycles. The van der Waals surface area contributed by atoms with Gasteiger partial charge in [0.1, 0.15) is 4.88 Å². The van der Waals surface area contributed by atoms with E-state index in [2.05, 4.69) is 17.3 Å². The van der Waals surface area contributed by atoms with E-state index in [1.54, 1.807) is 6.07 Å². The van der Waals surface area contributed by atoms with Crippen molar-refractivity contribution in [3.63, 3.8) is 0 Å². The lowest BCUT2D eigenvalue weighted by molar-refractivity contribution is 0.100. The molecule has 0 bridgehead atoms. The largest absolute Gasteiger partial charge is 0.397 e. The van der Waals surface area contributed by atoms with E-state index in [9.17, 15) is 4.79 Å². The highest BCUT2D eigenvalue weighted by molar-refractivity contribution is 7.18. The zero-order valence-corrected chi connectivity index (χ0v) is 10.7. The van der Waals surface area contributed by atoms with E-state index in [0.29, 0.717) is 16.6 Å². The van der Waals surface area contributed by atoms with E-state index >= 15 is 0 Å². The van der Waals surface area contributed by atoms with Crippen molar-refractivity contribution in [1.82, 2.24) is 4.90 Å². The van der Waals surface area contributed by atoms with Crippen molar-refractivity contribution in [2.75, 3.05) is 31.2 Å². The lowest BCUT2D eigenvalue weighted by Gasteiger charge is -2.19. The molecule has 0 aliphatic carbocycles. The number of hydrogen-bond acceptors (Lipinski definition) is 5. The third-order valence-electron chi connectivity index (χ3n) is 3.17. The summed E-state index contributed by atoms with van der Waals surface area (Å²) in [6.07, 6.45) is 2.47. The van der Waals surface area contributed by atoms with Crippen molar-refractivity contribution in [2.45, 2.75) is 18.9 Å². The first-order chi connectivity index (χ1) is 8.08. The number of nitrogens with zero attached hydrogens (tertiary/aromatic N) is 1. The average molecular weight is 254 g/mol. The zero-order valence-electron chi connectivity index (χ0n) is 9.90. The Bertz CT molecular complexity index is 418. The first-order valence-electron chi connectivity index (χ1n) is 5.71. The standard InChI is InChI=1S/C11H18N4OS/c1-15-4-2-3-7(15)6-14-9-5-8(12)10(17-9)11(13)16/h5,7,14H,2-4,6,12H2,1H3,(H2,13,16). The summed E-state index contributed by atoms with van der Waals surface area (Å²) < 4.78 is 0. The molecular formula is C11H18N4OS. The number of rotatable bonds is 4. The second kappa shape index (κ2) is 4.93. The van der Waals surface area contributed by atoms with E-state index in [-0.39, 0.29) is 0 Å². The predicted octanol–water partition coefficient (Wildman–Crippen LogP) is 0.935. The molecule has 1 amide bonds. The van der Waals surface area contributed by atoms with E-state index in [0.717, 1.165) is 18.1 Å². The normalized spacial score (nSPS) is 20.6. The Morgan fingerprint density at radius 1 is 1.71 bits per heavy atom. The number of primary amides is 1. The number of nitrogens with one attached hydrogen (secondary N) is 1. The molecule has 0 saturated carbocycles. The van der Waals surface area contributed by atoms with Crippen LogP contribution in [-0.2, 0) is 0 Å². The molecule has 0 aromatic carbocycles. The Morgan fingerprint density at radius 2 is 2.47 bits per heavy atom. The van der Waals surface area contributed by atoms with Crippen LogP contribution in [-0.4, -0.2) is 37.0 Å². The SMILES string of the molecule is CN1CCCC1CNc1cc(N)c(C(N)=O)s1. The van der Waals surface area contributed by atoms with Gasteiger partial charge in [-0.3, -0.25) is 4.79 Å². The number of carbonyl (C=O) groups excluding carboxylic acids is 1. The first kappa shape index (κ1) is 12.2. The summed E-state index contributed by atoms with van der Waals surface area (Å²) in [7, 11) is 2.14. The van der Waals surface area contributed by atoms with E-state index in [1.807, 2.05) is 0 Å². The number of likely N-dealkylation sites (N-methyl/N-ethyl adjacent to an activating group) is 1. The van der Waals surface area contributed by atoms with Gasteiger partial charge in [-0.2, -0.15) is 0 Å². The highest BCUT2D eigenvalue weighted by Crippen LogP contribution is 2.29. The number of likely N-dealkylation sites (tertiary alicyclic amines) is 1. The van der Waals surface area contributed by atoms with Crippen LogP contribution in [0.15, 0.2) is 6.07 Å². The molecule has 0 spiro atoms. The van der Waals surface area contributed by atoms with Crippen molar-refractivity contribution in [3.8, 4) is 0 Å². The smallest absolute Gasteiger partial charge is 0.260 e. The predicted molar refractivity (Wildman–Crippen MR) is 71.4 cm³/mol. The lowest BCUT2D eigenvalue weighted by Crippen LogP contribution is -2.31. The summed E-state index contributed by atoms with van der Waals surface area (Å²) in [5.41, 5.74) is 11.4. The molecule has 5 N–H and O–H groups in total. The minimum absolute atomic E-state index is 0.437. The Balaban J connectivity index is 1.95. The highest BCUT2D eigenvalue weighted by atomic mass is 32.1. The Morgan fingerprint density at radius 3 is 3.00 bits per heavy atom. The fourth-order valence-electron chi connectivity index (χ4n) is 2.14. The summed E-state index contributed by atoms with van der Waals surface area (Å²) in [5.74, 6) is -0.460. The lowest BCUT2D eigenvalue weighted by atomic mass is 10.2. The minimum Gasteiger partial charge on any atom is -0.397 e. The van der Waals surface area contributed by atoms with Crippen molar-refractivity contribution in [1.29, 1.82) is 0 Å². The monoisotopic (exact) mass is 254 g/mol. The van der Waals surface area contributed by atoms with Gasteiger partial charge in [0.05, 0.1) is 10.7 Å². The Hall–Kier alpha value is -1.27. The van der Waals surface area contributed by atoms with Crippen molar-refractivity contribution >= 4 is 27.9 Å². The van der Waals surface area contributed by atoms with Crippen LogP contribution in [0.1, 0.15) is 22.5 Å². The van der Waals surface area contributed by atoms with Gasteiger partial charge in [-0.15, -0.1) is 11.3 Å². The van der Waals surface area contributed by atoms with Crippen molar-refractivity contribution < 1.29 is 4.79 Å². The highest BCUT2D eigenvalue weighted by Gasteiger charge is 2.20. The number of anilines is 2. The molecule has 1 atom stereocenters. The van der Waals surface area contributed by atoms with Crippen LogP contribution < -0.4 is 16.8 Å². The average Bonchev–Trinajstić information content (AvgIpc) is 2.82. The molecule has 2 rings (SSSR count). The maximum atomic E-state index is 11.1.